The SMILES string of the molecule is CN(C[C@@H]1NC(=O)NC1=O)S(=O)(=O)c1ccc(Oc2ccc(N)cc2)cc1. The minimum Gasteiger partial charge on any atom is -0.457 e. The lowest BCUT2D eigenvalue weighted by molar-refractivity contribution is -0.120. The molecule has 10 heteroatoms. The van der Waals surface area contributed by atoms with Crippen LogP contribution >= 0.6 is 0 Å². The molecule has 0 saturated carbocycles. The van der Waals surface area contributed by atoms with E-state index in [2.05, 4.69) is 10.6 Å². The number of hydrogen-bond donors (Lipinski definition) is 3. The Balaban J connectivity index is 1.70. The fourth-order valence-corrected chi connectivity index (χ4v) is 3.66. The maximum Gasteiger partial charge on any atom is 0.322 e. The van der Waals surface area contributed by atoms with Gasteiger partial charge in [0.2, 0.25) is 10.0 Å². The van der Waals surface area contributed by atoms with Gasteiger partial charge in [-0.05, 0) is 48.5 Å². The number of ether oxygens (including phenoxy) is 1. The number of benzene rings is 2. The van der Waals surface area contributed by atoms with Crippen LogP contribution in [0.25, 0.3) is 0 Å². The van der Waals surface area contributed by atoms with E-state index in [9.17, 15) is 18.0 Å². The van der Waals surface area contributed by atoms with Crippen LogP contribution in [-0.2, 0) is 14.8 Å². The number of imide groups is 1. The van der Waals surface area contributed by atoms with Crippen LogP contribution in [0.1, 0.15) is 0 Å². The number of anilines is 1. The summed E-state index contributed by atoms with van der Waals surface area (Å²) in [7, 11) is -2.49. The number of likely N-dealkylation sites (N-methyl/N-ethyl adjacent to an activating group) is 1. The highest BCUT2D eigenvalue weighted by Crippen LogP contribution is 2.24. The zero-order valence-electron chi connectivity index (χ0n) is 14.4. The third-order valence-corrected chi connectivity index (χ3v) is 5.78. The highest BCUT2D eigenvalue weighted by Gasteiger charge is 2.33. The number of carbonyl (C=O) groups excluding carboxylic acids is 2. The Kier molecular flexibility index (Phi) is 5.02. The van der Waals surface area contributed by atoms with E-state index in [1.165, 1.54) is 31.3 Å². The lowest BCUT2D eigenvalue weighted by Crippen LogP contribution is -2.42. The van der Waals surface area contributed by atoms with Gasteiger partial charge in [0.1, 0.15) is 17.5 Å². The predicted molar refractivity (Wildman–Crippen MR) is 97.6 cm³/mol. The van der Waals surface area contributed by atoms with Crippen molar-refractivity contribution in [3.63, 3.8) is 0 Å². The number of nitrogens with one attached hydrogen (secondary N) is 2. The number of rotatable bonds is 6. The minimum atomic E-state index is -3.83. The first-order valence-electron chi connectivity index (χ1n) is 7.97. The summed E-state index contributed by atoms with van der Waals surface area (Å²) in [6.45, 7) is -0.177. The smallest absolute Gasteiger partial charge is 0.322 e. The molecule has 0 unspecified atom stereocenters. The van der Waals surface area contributed by atoms with Crippen molar-refractivity contribution in [3.05, 3.63) is 48.5 Å². The molecule has 9 nitrogen and oxygen atoms in total. The Bertz CT molecular complexity index is 958. The largest absolute Gasteiger partial charge is 0.457 e. The lowest BCUT2D eigenvalue weighted by Gasteiger charge is -2.19. The molecule has 2 aromatic rings. The monoisotopic (exact) mass is 390 g/mol. The van der Waals surface area contributed by atoms with E-state index in [-0.39, 0.29) is 11.4 Å². The van der Waals surface area contributed by atoms with Crippen molar-refractivity contribution in [2.24, 2.45) is 0 Å². The van der Waals surface area contributed by atoms with E-state index in [0.29, 0.717) is 17.2 Å². The third-order valence-electron chi connectivity index (χ3n) is 3.95. The molecule has 3 amide bonds. The first-order chi connectivity index (χ1) is 12.8. The number of carbonyl (C=O) groups is 2. The molecule has 1 fully saturated rings. The fraction of sp³-hybridized carbons (Fsp3) is 0.176. The first-order valence-corrected chi connectivity index (χ1v) is 9.41. The Morgan fingerprint density at radius 3 is 2.11 bits per heavy atom. The maximum atomic E-state index is 12.6. The summed E-state index contributed by atoms with van der Waals surface area (Å²) in [6, 6.07) is 11.1. The van der Waals surface area contributed by atoms with Gasteiger partial charge in [0, 0.05) is 19.3 Å². The van der Waals surface area contributed by atoms with Gasteiger partial charge in [-0.2, -0.15) is 4.31 Å². The van der Waals surface area contributed by atoms with Crippen molar-refractivity contribution in [1.82, 2.24) is 14.9 Å². The molecule has 1 atom stereocenters. The quantitative estimate of drug-likeness (QED) is 0.496. The lowest BCUT2D eigenvalue weighted by atomic mass is 10.3. The molecule has 1 heterocycles. The molecule has 1 saturated heterocycles. The van der Waals surface area contributed by atoms with E-state index < -0.39 is 28.0 Å². The van der Waals surface area contributed by atoms with Gasteiger partial charge in [0.15, 0.2) is 0 Å². The zero-order chi connectivity index (χ0) is 19.6. The molecule has 142 valence electrons. The number of sulfonamides is 1. The standard InChI is InChI=1S/C17H18N4O5S/c1-21(10-15-16(22)20-17(23)19-15)27(24,25)14-8-6-13(7-9-14)26-12-4-2-11(18)3-5-12/h2-9,15H,10,18H2,1H3,(H2,19,20,22,23)/t15-/m0/s1. The normalized spacial score (nSPS) is 16.9. The van der Waals surface area contributed by atoms with Crippen LogP contribution in [-0.4, -0.2) is 44.3 Å². The van der Waals surface area contributed by atoms with E-state index in [0.717, 1.165) is 4.31 Å². The van der Waals surface area contributed by atoms with Crippen LogP contribution in [0.15, 0.2) is 53.4 Å². The van der Waals surface area contributed by atoms with E-state index in [1.807, 2.05) is 0 Å². The van der Waals surface area contributed by atoms with Gasteiger partial charge >= 0.3 is 6.03 Å². The second-order valence-corrected chi connectivity index (χ2v) is 7.99. The van der Waals surface area contributed by atoms with Crippen LogP contribution in [0, 0.1) is 0 Å². The van der Waals surface area contributed by atoms with Gasteiger partial charge in [0.05, 0.1) is 4.90 Å². The van der Waals surface area contributed by atoms with E-state index in [4.69, 9.17) is 10.5 Å². The van der Waals surface area contributed by atoms with Crippen LogP contribution in [0.4, 0.5) is 10.5 Å². The van der Waals surface area contributed by atoms with Crippen LogP contribution in [0.2, 0.25) is 0 Å². The van der Waals surface area contributed by atoms with Gasteiger partial charge in [-0.15, -0.1) is 0 Å². The molecular formula is C17H18N4O5S. The molecule has 0 spiro atoms. The third kappa shape index (κ3) is 4.18. The van der Waals surface area contributed by atoms with Crippen molar-refractivity contribution in [1.29, 1.82) is 0 Å². The molecule has 4 N–H and O–H groups in total. The second kappa shape index (κ2) is 7.25. The summed E-state index contributed by atoms with van der Waals surface area (Å²) in [5, 5.41) is 4.43. The molecule has 0 bridgehead atoms. The van der Waals surface area contributed by atoms with Crippen LogP contribution in [0.3, 0.4) is 0 Å². The minimum absolute atomic E-state index is 0.0411. The summed E-state index contributed by atoms with van der Waals surface area (Å²) < 4.78 is 31.9. The molecule has 1 aliphatic heterocycles. The maximum absolute atomic E-state index is 12.6. The van der Waals surface area contributed by atoms with Gasteiger partial charge in [-0.25, -0.2) is 13.2 Å². The van der Waals surface area contributed by atoms with Gasteiger partial charge in [-0.1, -0.05) is 0 Å². The average molecular weight is 390 g/mol. The van der Waals surface area contributed by atoms with Gasteiger partial charge in [-0.3, -0.25) is 10.1 Å². The summed E-state index contributed by atoms with van der Waals surface area (Å²) in [5.41, 5.74) is 6.23. The number of urea groups is 1. The summed E-state index contributed by atoms with van der Waals surface area (Å²) in [4.78, 5) is 22.8. The van der Waals surface area contributed by atoms with E-state index in [1.54, 1.807) is 24.3 Å². The average Bonchev–Trinajstić information content (AvgIpc) is 2.94. The number of nitrogens with zero attached hydrogens (tertiary/aromatic N) is 1. The molecule has 3 rings (SSSR count). The number of hydrogen-bond acceptors (Lipinski definition) is 6. The summed E-state index contributed by atoms with van der Waals surface area (Å²) in [6.07, 6.45) is 0. The number of nitrogens with two attached hydrogens (primary N) is 1. The van der Waals surface area contributed by atoms with Crippen molar-refractivity contribution in [3.8, 4) is 11.5 Å². The van der Waals surface area contributed by atoms with Gasteiger partial charge < -0.3 is 15.8 Å². The van der Waals surface area contributed by atoms with Crippen molar-refractivity contribution in [2.45, 2.75) is 10.9 Å². The van der Waals surface area contributed by atoms with Crippen molar-refractivity contribution in [2.75, 3.05) is 19.3 Å². The highest BCUT2D eigenvalue weighted by atomic mass is 32.2. The first kappa shape index (κ1) is 18.7. The molecule has 2 aromatic carbocycles. The predicted octanol–water partition coefficient (Wildman–Crippen LogP) is 0.890. The molecule has 0 radical (unpaired) electrons. The van der Waals surface area contributed by atoms with Crippen molar-refractivity contribution >= 4 is 27.6 Å². The van der Waals surface area contributed by atoms with E-state index >= 15 is 0 Å². The Hall–Kier alpha value is -3.11. The molecule has 1 aliphatic rings. The molecule has 0 aliphatic carbocycles. The van der Waals surface area contributed by atoms with Crippen molar-refractivity contribution < 1.29 is 22.7 Å². The van der Waals surface area contributed by atoms with Gasteiger partial charge in [0.25, 0.3) is 5.91 Å². The number of nitrogen functional groups attached to an aromatic ring is 1. The Morgan fingerprint density at radius 1 is 1.04 bits per heavy atom. The Morgan fingerprint density at radius 2 is 1.59 bits per heavy atom. The molecule has 27 heavy (non-hydrogen) atoms. The second-order valence-electron chi connectivity index (χ2n) is 5.94. The summed E-state index contributed by atoms with van der Waals surface area (Å²) in [5.74, 6) is 0.470. The van der Waals surface area contributed by atoms with Crippen LogP contribution < -0.4 is 21.1 Å². The zero-order valence-corrected chi connectivity index (χ0v) is 15.2. The molecule has 0 aromatic heterocycles. The fourth-order valence-electron chi connectivity index (χ4n) is 2.47. The topological polar surface area (TPSA) is 131 Å². The highest BCUT2D eigenvalue weighted by molar-refractivity contribution is 7.89. The number of amides is 3. The molecular weight excluding hydrogens is 372 g/mol. The summed E-state index contributed by atoms with van der Waals surface area (Å²) >= 11 is 0. The van der Waals surface area contributed by atoms with Crippen LogP contribution in [0.5, 0.6) is 11.5 Å². The Labute approximate surface area is 156 Å².